The van der Waals surface area contributed by atoms with Crippen LogP contribution in [-0.4, -0.2) is 52.1 Å². The lowest BCUT2D eigenvalue weighted by Gasteiger charge is -2.59. The molecule has 0 spiro atoms. The Morgan fingerprint density at radius 1 is 0.927 bits per heavy atom. The number of hydrogen-bond donors (Lipinski definition) is 1. The maximum absolute atomic E-state index is 14.6. The number of rotatable bonds is 7. The molecule has 41 heavy (non-hydrogen) atoms. The normalized spacial score (nSPS) is 37.6. The average molecular weight is 571 g/mol. The van der Waals surface area contributed by atoms with Crippen molar-refractivity contribution in [3.05, 3.63) is 11.1 Å². The monoisotopic (exact) mass is 570 g/mol. The summed E-state index contributed by atoms with van der Waals surface area (Å²) in [6.07, 6.45) is -0.948. The fourth-order valence-corrected chi connectivity index (χ4v) is 8.99. The standard InChI is InChI=1S/C32H42O9/c1-15(11-18(34)12-16(2)28(39)40)19-13-23(37)32(8)24-20(35)14-21-29(4,5)22(36)9-10-30(21,6)25(24)26(38)27(31(19,32)7)41-17(3)33/h15-16,19,21,27H,9-14H2,1-8H3,(H,39,40)/t15?,16?,19-,21?,27-,30+,31+,32+/m1/s1. The Morgan fingerprint density at radius 2 is 1.54 bits per heavy atom. The lowest BCUT2D eigenvalue weighted by molar-refractivity contribution is -0.175. The van der Waals surface area contributed by atoms with E-state index in [4.69, 9.17) is 4.74 Å². The molecule has 0 aliphatic heterocycles. The zero-order valence-electron chi connectivity index (χ0n) is 25.3. The van der Waals surface area contributed by atoms with Gasteiger partial charge in [-0.3, -0.25) is 33.6 Å². The molecule has 4 rings (SSSR count). The third kappa shape index (κ3) is 4.20. The van der Waals surface area contributed by atoms with Crippen LogP contribution in [0.1, 0.15) is 93.9 Å². The Morgan fingerprint density at radius 3 is 2.10 bits per heavy atom. The van der Waals surface area contributed by atoms with E-state index >= 15 is 0 Å². The van der Waals surface area contributed by atoms with E-state index in [0.717, 1.165) is 0 Å². The van der Waals surface area contributed by atoms with Crippen molar-refractivity contribution in [2.75, 3.05) is 0 Å². The van der Waals surface area contributed by atoms with Gasteiger partial charge in [0.1, 0.15) is 17.3 Å². The van der Waals surface area contributed by atoms with Gasteiger partial charge in [-0.15, -0.1) is 0 Å². The second-order valence-corrected chi connectivity index (χ2v) is 14.2. The Bertz CT molecular complexity index is 1300. The molecule has 0 bridgehead atoms. The molecular formula is C32H42O9. The van der Waals surface area contributed by atoms with Crippen molar-refractivity contribution in [2.45, 2.75) is 100 Å². The first-order chi connectivity index (χ1) is 18.8. The van der Waals surface area contributed by atoms with Crippen LogP contribution < -0.4 is 0 Å². The minimum atomic E-state index is -1.46. The molecule has 0 saturated heterocycles. The van der Waals surface area contributed by atoms with Crippen molar-refractivity contribution in [2.24, 2.45) is 45.3 Å². The van der Waals surface area contributed by atoms with Gasteiger partial charge in [-0.2, -0.15) is 0 Å². The molecule has 0 radical (unpaired) electrons. The number of Topliss-reactive ketones (excluding diaryl/α,β-unsaturated/α-hetero) is 5. The van der Waals surface area contributed by atoms with Crippen molar-refractivity contribution in [3.63, 3.8) is 0 Å². The number of esters is 1. The van der Waals surface area contributed by atoms with Crippen LogP contribution in [0.5, 0.6) is 0 Å². The summed E-state index contributed by atoms with van der Waals surface area (Å²) in [5.74, 6) is -5.46. The Hall–Kier alpha value is -2.97. The van der Waals surface area contributed by atoms with E-state index in [1.807, 2.05) is 6.92 Å². The number of ether oxygens (including phenoxy) is 1. The maximum Gasteiger partial charge on any atom is 0.306 e. The summed E-state index contributed by atoms with van der Waals surface area (Å²) in [5.41, 5.74) is -4.09. The Labute approximate surface area is 240 Å². The van der Waals surface area contributed by atoms with E-state index in [-0.39, 0.29) is 66.4 Å². The van der Waals surface area contributed by atoms with E-state index in [2.05, 4.69) is 0 Å². The zero-order chi connectivity index (χ0) is 31.0. The van der Waals surface area contributed by atoms with Gasteiger partial charge in [-0.1, -0.05) is 41.5 Å². The van der Waals surface area contributed by atoms with Crippen LogP contribution in [0.4, 0.5) is 0 Å². The predicted molar refractivity (Wildman–Crippen MR) is 146 cm³/mol. The highest BCUT2D eigenvalue weighted by molar-refractivity contribution is 6.18. The van der Waals surface area contributed by atoms with Crippen LogP contribution >= 0.6 is 0 Å². The minimum Gasteiger partial charge on any atom is -0.481 e. The number of carbonyl (C=O) groups is 7. The van der Waals surface area contributed by atoms with Gasteiger partial charge < -0.3 is 9.84 Å². The lowest BCUT2D eigenvalue weighted by atomic mass is 9.42. The highest BCUT2D eigenvalue weighted by atomic mass is 16.5. The fourth-order valence-electron chi connectivity index (χ4n) is 8.99. The van der Waals surface area contributed by atoms with Gasteiger partial charge in [0, 0.05) is 66.4 Å². The summed E-state index contributed by atoms with van der Waals surface area (Å²) >= 11 is 0. The molecule has 3 unspecified atom stereocenters. The van der Waals surface area contributed by atoms with E-state index in [1.54, 1.807) is 34.6 Å². The van der Waals surface area contributed by atoms with Crippen LogP contribution in [0.15, 0.2) is 11.1 Å². The molecule has 224 valence electrons. The number of allylic oxidation sites excluding steroid dienone is 1. The lowest BCUT2D eigenvalue weighted by Crippen LogP contribution is -2.64. The summed E-state index contributed by atoms with van der Waals surface area (Å²) in [5, 5.41) is 9.23. The molecule has 8 atom stereocenters. The van der Waals surface area contributed by atoms with Crippen molar-refractivity contribution in [1.82, 2.24) is 0 Å². The summed E-state index contributed by atoms with van der Waals surface area (Å²) < 4.78 is 5.78. The second-order valence-electron chi connectivity index (χ2n) is 14.2. The molecule has 0 amide bonds. The second kappa shape index (κ2) is 9.80. The van der Waals surface area contributed by atoms with Gasteiger partial charge >= 0.3 is 11.9 Å². The summed E-state index contributed by atoms with van der Waals surface area (Å²) in [6.45, 7) is 13.3. The van der Waals surface area contributed by atoms with Crippen LogP contribution in [0.25, 0.3) is 0 Å². The zero-order valence-corrected chi connectivity index (χ0v) is 25.3. The SMILES string of the molecule is CC(=O)O[C@@H]1C(=O)C2=C(C(=O)CC3C(C)(C)C(=O)CC[C@]23C)[C@]2(C)C(=O)C[C@H](C(C)CC(=O)CC(C)C(=O)O)[C@@]12C. The first-order valence-corrected chi connectivity index (χ1v) is 14.6. The third-order valence-electron chi connectivity index (χ3n) is 11.5. The van der Waals surface area contributed by atoms with Crippen molar-refractivity contribution in [1.29, 1.82) is 0 Å². The highest BCUT2D eigenvalue weighted by Crippen LogP contribution is 2.70. The molecule has 2 fully saturated rings. The van der Waals surface area contributed by atoms with E-state index < -0.39 is 69.2 Å². The molecule has 4 aliphatic carbocycles. The number of carboxylic acids is 1. The molecule has 9 nitrogen and oxygen atoms in total. The number of carbonyl (C=O) groups excluding carboxylic acids is 6. The van der Waals surface area contributed by atoms with Crippen LogP contribution in [0.3, 0.4) is 0 Å². The molecule has 0 aromatic carbocycles. The van der Waals surface area contributed by atoms with Gasteiger partial charge in [0.05, 0.1) is 11.3 Å². The van der Waals surface area contributed by atoms with Crippen molar-refractivity contribution >= 4 is 40.9 Å². The van der Waals surface area contributed by atoms with Crippen molar-refractivity contribution < 1.29 is 43.4 Å². The van der Waals surface area contributed by atoms with Crippen molar-refractivity contribution in [3.8, 4) is 0 Å². The molecular weight excluding hydrogens is 528 g/mol. The van der Waals surface area contributed by atoms with E-state index in [0.29, 0.717) is 6.42 Å². The van der Waals surface area contributed by atoms with E-state index in [9.17, 15) is 38.7 Å². The molecule has 0 aromatic rings. The Balaban J connectivity index is 1.89. The minimum absolute atomic E-state index is 0.0157. The Kier molecular flexibility index (Phi) is 7.41. The fraction of sp³-hybridized carbons (Fsp3) is 0.719. The number of aliphatic carboxylic acids is 1. The number of hydrogen-bond acceptors (Lipinski definition) is 8. The maximum atomic E-state index is 14.6. The van der Waals surface area contributed by atoms with Gasteiger partial charge in [0.15, 0.2) is 11.9 Å². The van der Waals surface area contributed by atoms with Crippen LogP contribution in [0, 0.1) is 45.3 Å². The van der Waals surface area contributed by atoms with Gasteiger partial charge in [0.2, 0.25) is 5.78 Å². The number of fused-ring (bicyclic) bond motifs is 4. The number of carboxylic acid groups (broad SMARTS) is 1. The van der Waals surface area contributed by atoms with Crippen LogP contribution in [0.2, 0.25) is 0 Å². The van der Waals surface area contributed by atoms with Gasteiger partial charge in [-0.25, -0.2) is 0 Å². The molecule has 1 N–H and O–H groups in total. The largest absolute Gasteiger partial charge is 0.481 e. The summed E-state index contributed by atoms with van der Waals surface area (Å²) in [4.78, 5) is 92.3. The molecule has 0 heterocycles. The topological polar surface area (TPSA) is 149 Å². The molecule has 0 aromatic heterocycles. The van der Waals surface area contributed by atoms with Gasteiger partial charge in [-0.05, 0) is 31.1 Å². The average Bonchev–Trinajstić information content (AvgIpc) is 3.07. The smallest absolute Gasteiger partial charge is 0.306 e. The van der Waals surface area contributed by atoms with Gasteiger partial charge in [0.25, 0.3) is 0 Å². The molecule has 9 heteroatoms. The predicted octanol–water partition coefficient (Wildman–Crippen LogP) is 4.09. The quantitative estimate of drug-likeness (QED) is 0.447. The van der Waals surface area contributed by atoms with E-state index in [1.165, 1.54) is 13.8 Å². The first kappa shape index (κ1) is 31.0. The first-order valence-electron chi connectivity index (χ1n) is 14.6. The third-order valence-corrected chi connectivity index (χ3v) is 11.5. The summed E-state index contributed by atoms with van der Waals surface area (Å²) in [7, 11) is 0. The highest BCUT2D eigenvalue weighted by Gasteiger charge is 2.74. The number of ketones is 5. The molecule has 2 saturated carbocycles. The summed E-state index contributed by atoms with van der Waals surface area (Å²) in [6, 6.07) is 0. The molecule has 4 aliphatic rings. The van der Waals surface area contributed by atoms with Crippen LogP contribution in [-0.2, 0) is 38.3 Å².